The molecule has 1 fully saturated rings. The molecule has 0 aromatic heterocycles. The van der Waals surface area contributed by atoms with E-state index in [2.05, 4.69) is 17.6 Å². The standard InChI is InChI=1S/C10H22N2O/c1-9(5-11-2)6-12-7-10-3-4-13-8-10/h9-12H,3-8H2,1-2H3. The fourth-order valence-electron chi connectivity index (χ4n) is 1.70. The number of hydrogen-bond acceptors (Lipinski definition) is 3. The molecule has 13 heavy (non-hydrogen) atoms. The highest BCUT2D eigenvalue weighted by atomic mass is 16.5. The van der Waals surface area contributed by atoms with E-state index < -0.39 is 0 Å². The van der Waals surface area contributed by atoms with Gasteiger partial charge in [0.1, 0.15) is 0 Å². The minimum absolute atomic E-state index is 0.715. The summed E-state index contributed by atoms with van der Waals surface area (Å²) >= 11 is 0. The lowest BCUT2D eigenvalue weighted by Crippen LogP contribution is -2.31. The van der Waals surface area contributed by atoms with Crippen molar-refractivity contribution in [1.29, 1.82) is 0 Å². The molecule has 0 saturated carbocycles. The Morgan fingerprint density at radius 3 is 2.92 bits per heavy atom. The molecule has 1 aliphatic heterocycles. The minimum Gasteiger partial charge on any atom is -0.381 e. The summed E-state index contributed by atoms with van der Waals surface area (Å²) in [4.78, 5) is 0. The van der Waals surface area contributed by atoms with Gasteiger partial charge in [0, 0.05) is 13.2 Å². The van der Waals surface area contributed by atoms with Crippen LogP contribution in [0.15, 0.2) is 0 Å². The fourth-order valence-corrected chi connectivity index (χ4v) is 1.70. The second-order valence-electron chi connectivity index (χ2n) is 4.05. The van der Waals surface area contributed by atoms with Crippen LogP contribution in [-0.2, 0) is 4.74 Å². The first-order chi connectivity index (χ1) is 6.33. The normalized spacial score (nSPS) is 24.9. The summed E-state index contributed by atoms with van der Waals surface area (Å²) in [6.07, 6.45) is 1.23. The summed E-state index contributed by atoms with van der Waals surface area (Å²) in [5.41, 5.74) is 0. The van der Waals surface area contributed by atoms with Crippen molar-refractivity contribution in [2.75, 3.05) is 39.9 Å². The first-order valence-electron chi connectivity index (χ1n) is 5.26. The Balaban J connectivity index is 1.93. The lowest BCUT2D eigenvalue weighted by atomic mass is 10.1. The van der Waals surface area contributed by atoms with E-state index >= 15 is 0 Å². The van der Waals surface area contributed by atoms with Crippen molar-refractivity contribution in [2.24, 2.45) is 11.8 Å². The average molecular weight is 186 g/mol. The average Bonchev–Trinajstić information content (AvgIpc) is 2.57. The smallest absolute Gasteiger partial charge is 0.0507 e. The van der Waals surface area contributed by atoms with Crippen LogP contribution in [0.4, 0.5) is 0 Å². The van der Waals surface area contributed by atoms with Crippen molar-refractivity contribution in [3.8, 4) is 0 Å². The number of rotatable bonds is 6. The zero-order chi connectivity index (χ0) is 9.52. The first kappa shape index (κ1) is 11.0. The van der Waals surface area contributed by atoms with Crippen molar-refractivity contribution >= 4 is 0 Å². The lowest BCUT2D eigenvalue weighted by molar-refractivity contribution is 0.185. The van der Waals surface area contributed by atoms with Crippen LogP contribution in [0, 0.1) is 11.8 Å². The fraction of sp³-hybridized carbons (Fsp3) is 1.00. The van der Waals surface area contributed by atoms with E-state index in [0.717, 1.165) is 38.8 Å². The zero-order valence-electron chi connectivity index (χ0n) is 8.81. The van der Waals surface area contributed by atoms with E-state index in [-0.39, 0.29) is 0 Å². The Labute approximate surface area is 81.2 Å². The van der Waals surface area contributed by atoms with Gasteiger partial charge in [-0.05, 0) is 38.4 Å². The van der Waals surface area contributed by atoms with Gasteiger partial charge < -0.3 is 15.4 Å². The predicted molar refractivity (Wildman–Crippen MR) is 54.9 cm³/mol. The van der Waals surface area contributed by atoms with Crippen LogP contribution >= 0.6 is 0 Å². The molecular formula is C10H22N2O. The number of hydrogen-bond donors (Lipinski definition) is 2. The maximum Gasteiger partial charge on any atom is 0.0507 e. The Morgan fingerprint density at radius 2 is 2.31 bits per heavy atom. The van der Waals surface area contributed by atoms with Crippen molar-refractivity contribution in [2.45, 2.75) is 13.3 Å². The summed E-state index contributed by atoms with van der Waals surface area (Å²) < 4.78 is 5.31. The molecule has 0 radical (unpaired) electrons. The van der Waals surface area contributed by atoms with Crippen LogP contribution in [0.25, 0.3) is 0 Å². The lowest BCUT2D eigenvalue weighted by Gasteiger charge is -2.13. The van der Waals surface area contributed by atoms with Gasteiger partial charge >= 0.3 is 0 Å². The largest absolute Gasteiger partial charge is 0.381 e. The summed E-state index contributed by atoms with van der Waals surface area (Å²) in [5.74, 6) is 1.47. The van der Waals surface area contributed by atoms with E-state index in [9.17, 15) is 0 Å². The monoisotopic (exact) mass is 186 g/mol. The third kappa shape index (κ3) is 4.60. The Bertz CT molecular complexity index is 124. The van der Waals surface area contributed by atoms with Crippen LogP contribution in [0.2, 0.25) is 0 Å². The molecule has 2 N–H and O–H groups in total. The molecular weight excluding hydrogens is 164 g/mol. The van der Waals surface area contributed by atoms with Gasteiger partial charge in [-0.2, -0.15) is 0 Å². The number of ether oxygens (including phenoxy) is 1. The van der Waals surface area contributed by atoms with E-state index in [1.807, 2.05) is 7.05 Å². The Kier molecular flexibility index (Phi) is 5.35. The molecule has 1 heterocycles. The summed E-state index contributed by atoms with van der Waals surface area (Å²) in [7, 11) is 2.00. The van der Waals surface area contributed by atoms with Crippen molar-refractivity contribution in [3.05, 3.63) is 0 Å². The van der Waals surface area contributed by atoms with Crippen molar-refractivity contribution < 1.29 is 4.74 Å². The minimum atomic E-state index is 0.715. The molecule has 2 atom stereocenters. The van der Waals surface area contributed by atoms with Gasteiger partial charge in [0.2, 0.25) is 0 Å². The van der Waals surface area contributed by atoms with Crippen molar-refractivity contribution in [1.82, 2.24) is 10.6 Å². The van der Waals surface area contributed by atoms with Crippen LogP contribution < -0.4 is 10.6 Å². The molecule has 1 aliphatic rings. The van der Waals surface area contributed by atoms with Gasteiger partial charge in [-0.15, -0.1) is 0 Å². The predicted octanol–water partition coefficient (Wildman–Crippen LogP) is 0.468. The van der Waals surface area contributed by atoms with E-state index in [1.165, 1.54) is 6.42 Å². The van der Waals surface area contributed by atoms with Crippen LogP contribution in [0.1, 0.15) is 13.3 Å². The molecule has 3 heteroatoms. The second kappa shape index (κ2) is 6.35. The molecule has 2 unspecified atom stereocenters. The van der Waals surface area contributed by atoms with E-state index in [1.54, 1.807) is 0 Å². The summed E-state index contributed by atoms with van der Waals surface area (Å²) in [6.45, 7) is 7.49. The zero-order valence-corrected chi connectivity index (χ0v) is 8.81. The van der Waals surface area contributed by atoms with Gasteiger partial charge in [0.25, 0.3) is 0 Å². The molecule has 1 rings (SSSR count). The molecule has 0 aromatic rings. The Hall–Kier alpha value is -0.120. The third-order valence-corrected chi connectivity index (χ3v) is 2.50. The molecule has 1 saturated heterocycles. The summed E-state index contributed by atoms with van der Waals surface area (Å²) in [6, 6.07) is 0. The molecule has 0 bridgehead atoms. The van der Waals surface area contributed by atoms with Crippen LogP contribution in [-0.4, -0.2) is 39.9 Å². The quantitative estimate of drug-likeness (QED) is 0.632. The molecule has 3 nitrogen and oxygen atoms in total. The van der Waals surface area contributed by atoms with Gasteiger partial charge in [-0.3, -0.25) is 0 Å². The van der Waals surface area contributed by atoms with Crippen LogP contribution in [0.3, 0.4) is 0 Å². The number of nitrogens with one attached hydrogen (secondary N) is 2. The van der Waals surface area contributed by atoms with Crippen molar-refractivity contribution in [3.63, 3.8) is 0 Å². The van der Waals surface area contributed by atoms with Gasteiger partial charge in [-0.1, -0.05) is 6.92 Å². The molecule has 0 amide bonds. The highest BCUT2D eigenvalue weighted by molar-refractivity contribution is 4.68. The highest BCUT2D eigenvalue weighted by Gasteiger charge is 2.14. The van der Waals surface area contributed by atoms with E-state index in [4.69, 9.17) is 4.74 Å². The summed E-state index contributed by atoms with van der Waals surface area (Å²) in [5, 5.41) is 6.67. The first-order valence-corrected chi connectivity index (χ1v) is 5.26. The molecule has 0 spiro atoms. The topological polar surface area (TPSA) is 33.3 Å². The second-order valence-corrected chi connectivity index (χ2v) is 4.05. The highest BCUT2D eigenvalue weighted by Crippen LogP contribution is 2.10. The molecule has 0 aromatic carbocycles. The Morgan fingerprint density at radius 1 is 1.46 bits per heavy atom. The third-order valence-electron chi connectivity index (χ3n) is 2.50. The van der Waals surface area contributed by atoms with Crippen LogP contribution in [0.5, 0.6) is 0 Å². The van der Waals surface area contributed by atoms with Gasteiger partial charge in [0.05, 0.1) is 6.61 Å². The maximum absolute atomic E-state index is 5.31. The van der Waals surface area contributed by atoms with Gasteiger partial charge in [0.15, 0.2) is 0 Å². The maximum atomic E-state index is 5.31. The van der Waals surface area contributed by atoms with E-state index in [0.29, 0.717) is 5.92 Å². The molecule has 78 valence electrons. The molecule has 0 aliphatic carbocycles. The van der Waals surface area contributed by atoms with Gasteiger partial charge in [-0.25, -0.2) is 0 Å². The SMILES string of the molecule is CNCC(C)CNCC1CCOC1.